The van der Waals surface area contributed by atoms with Crippen LogP contribution >= 0.6 is 0 Å². The monoisotopic (exact) mass is 257 g/mol. The van der Waals surface area contributed by atoms with E-state index in [1.807, 2.05) is 6.92 Å². The van der Waals surface area contributed by atoms with E-state index in [1.54, 1.807) is 0 Å². The zero-order valence-corrected chi connectivity index (χ0v) is 11.3. The van der Waals surface area contributed by atoms with Gasteiger partial charge in [0.25, 0.3) is 0 Å². The average Bonchev–Trinajstić information content (AvgIpc) is 2.97. The van der Waals surface area contributed by atoms with Crippen molar-refractivity contribution >= 4 is 5.97 Å². The van der Waals surface area contributed by atoms with Crippen LogP contribution in [0.15, 0.2) is 0 Å². The van der Waals surface area contributed by atoms with Crippen molar-refractivity contribution in [2.45, 2.75) is 44.5 Å². The Morgan fingerprint density at radius 2 is 2.17 bits per heavy atom. The summed E-state index contributed by atoms with van der Waals surface area (Å²) in [7, 11) is 1.39. The lowest BCUT2D eigenvalue weighted by atomic mass is 10.2. The Morgan fingerprint density at radius 1 is 1.44 bits per heavy atom. The first-order valence-corrected chi connectivity index (χ1v) is 6.72. The fourth-order valence-electron chi connectivity index (χ4n) is 2.56. The van der Waals surface area contributed by atoms with E-state index in [4.69, 9.17) is 9.47 Å². The van der Waals surface area contributed by atoms with Gasteiger partial charge in [-0.1, -0.05) is 0 Å². The predicted molar refractivity (Wildman–Crippen MR) is 66.2 cm³/mol. The number of methoxy groups -OCH3 is 1. The maximum absolute atomic E-state index is 11.2. The number of carbonyl (C=O) groups excluding carboxylic acids is 1. The minimum absolute atomic E-state index is 0.166. The molecule has 18 heavy (non-hydrogen) atoms. The molecule has 2 unspecified atom stereocenters. The highest BCUT2D eigenvalue weighted by Crippen LogP contribution is 2.29. The predicted octanol–water partition coefficient (Wildman–Crippen LogP) is 1.17. The largest absolute Gasteiger partial charge is 0.469 e. The molecule has 0 amide bonds. The van der Waals surface area contributed by atoms with Crippen molar-refractivity contribution in [3.8, 4) is 0 Å². The molecule has 0 aromatic rings. The molecular formula is C13H23NO4. The molecule has 0 N–H and O–H groups in total. The van der Waals surface area contributed by atoms with Crippen molar-refractivity contribution in [1.82, 2.24) is 4.90 Å². The van der Waals surface area contributed by atoms with Gasteiger partial charge in [0.15, 0.2) is 5.79 Å². The van der Waals surface area contributed by atoms with Crippen molar-refractivity contribution in [3.63, 3.8) is 0 Å². The molecule has 0 aromatic carbocycles. The molecule has 2 fully saturated rings. The highest BCUT2D eigenvalue weighted by Gasteiger charge is 2.38. The second-order valence-corrected chi connectivity index (χ2v) is 5.26. The Morgan fingerprint density at radius 3 is 2.83 bits per heavy atom. The molecule has 2 rings (SSSR count). The highest BCUT2D eigenvalue weighted by molar-refractivity contribution is 5.69. The van der Waals surface area contributed by atoms with Crippen LogP contribution in [0.4, 0.5) is 0 Å². The summed E-state index contributed by atoms with van der Waals surface area (Å²) in [6.45, 7) is 5.80. The van der Waals surface area contributed by atoms with E-state index in [-0.39, 0.29) is 18.5 Å². The summed E-state index contributed by atoms with van der Waals surface area (Å²) in [6, 6.07) is 0. The van der Waals surface area contributed by atoms with Gasteiger partial charge in [-0.3, -0.25) is 4.79 Å². The molecule has 0 radical (unpaired) electrons. The van der Waals surface area contributed by atoms with Crippen LogP contribution in [0.1, 0.15) is 32.6 Å². The molecule has 2 aliphatic heterocycles. The number of esters is 1. The van der Waals surface area contributed by atoms with Crippen LogP contribution in [0.5, 0.6) is 0 Å². The van der Waals surface area contributed by atoms with Gasteiger partial charge in [-0.2, -0.15) is 0 Å². The smallest absolute Gasteiger partial charge is 0.308 e. The summed E-state index contributed by atoms with van der Waals surface area (Å²) >= 11 is 0. The highest BCUT2D eigenvalue weighted by atomic mass is 16.7. The molecule has 5 nitrogen and oxygen atoms in total. The Kier molecular flexibility index (Phi) is 4.59. The van der Waals surface area contributed by atoms with E-state index in [0.717, 1.165) is 13.0 Å². The first kappa shape index (κ1) is 13.8. The van der Waals surface area contributed by atoms with Crippen molar-refractivity contribution in [2.75, 3.05) is 33.4 Å². The zero-order valence-electron chi connectivity index (χ0n) is 11.3. The molecule has 0 aliphatic carbocycles. The number of likely N-dealkylation sites (tertiary alicyclic amines) is 1. The van der Waals surface area contributed by atoms with Crippen molar-refractivity contribution in [3.05, 3.63) is 0 Å². The van der Waals surface area contributed by atoms with Gasteiger partial charge >= 0.3 is 5.97 Å². The van der Waals surface area contributed by atoms with Gasteiger partial charge in [-0.25, -0.2) is 0 Å². The summed E-state index contributed by atoms with van der Waals surface area (Å²) in [4.78, 5) is 13.6. The third-order valence-electron chi connectivity index (χ3n) is 3.69. The average molecular weight is 257 g/mol. The van der Waals surface area contributed by atoms with Crippen LogP contribution in [0.2, 0.25) is 0 Å². The molecule has 0 aromatic heterocycles. The van der Waals surface area contributed by atoms with Gasteiger partial charge in [0.2, 0.25) is 0 Å². The zero-order chi connectivity index (χ0) is 13.0. The molecule has 0 saturated carbocycles. The van der Waals surface area contributed by atoms with Gasteiger partial charge in [0.1, 0.15) is 0 Å². The van der Waals surface area contributed by atoms with Crippen LogP contribution in [-0.4, -0.2) is 56.1 Å². The molecule has 0 bridgehead atoms. The summed E-state index contributed by atoms with van der Waals surface area (Å²) in [5.74, 6) is -0.784. The molecule has 104 valence electrons. The summed E-state index contributed by atoms with van der Waals surface area (Å²) in [5, 5.41) is 0. The topological polar surface area (TPSA) is 48.0 Å². The first-order chi connectivity index (χ1) is 8.61. The van der Waals surface area contributed by atoms with Crippen LogP contribution in [-0.2, 0) is 19.0 Å². The second-order valence-electron chi connectivity index (χ2n) is 5.26. The number of hydrogen-bond acceptors (Lipinski definition) is 5. The van der Waals surface area contributed by atoms with Gasteiger partial charge in [-0.05, 0) is 32.9 Å². The van der Waals surface area contributed by atoms with E-state index >= 15 is 0 Å². The van der Waals surface area contributed by atoms with Crippen LogP contribution in [0, 0.1) is 0 Å². The molecule has 2 saturated heterocycles. The minimum Gasteiger partial charge on any atom is -0.469 e. The normalized spacial score (nSPS) is 32.9. The summed E-state index contributed by atoms with van der Waals surface area (Å²) in [5.41, 5.74) is 0. The third-order valence-corrected chi connectivity index (χ3v) is 3.69. The lowest BCUT2D eigenvalue weighted by Gasteiger charge is -2.26. The van der Waals surface area contributed by atoms with Crippen molar-refractivity contribution in [1.29, 1.82) is 0 Å². The lowest BCUT2D eigenvalue weighted by Crippen LogP contribution is -2.33. The molecule has 0 spiro atoms. The third kappa shape index (κ3) is 3.67. The number of ether oxygens (including phenoxy) is 3. The minimum atomic E-state index is -0.540. The SMILES string of the molecule is COC(=O)CC1COC(C)(CCN2CCCC2)O1. The summed E-state index contributed by atoms with van der Waals surface area (Å²) in [6.07, 6.45) is 3.55. The Labute approximate surface area is 108 Å². The first-order valence-electron chi connectivity index (χ1n) is 6.72. The number of hydrogen-bond donors (Lipinski definition) is 0. The standard InChI is InChI=1S/C13H23NO4/c1-13(5-8-14-6-3-4-7-14)17-10-11(18-13)9-12(15)16-2/h11H,3-10H2,1-2H3. The van der Waals surface area contributed by atoms with Crippen LogP contribution < -0.4 is 0 Å². The quantitative estimate of drug-likeness (QED) is 0.692. The van der Waals surface area contributed by atoms with Crippen molar-refractivity contribution in [2.24, 2.45) is 0 Å². The number of carbonyl (C=O) groups is 1. The van der Waals surface area contributed by atoms with E-state index < -0.39 is 5.79 Å². The Balaban J connectivity index is 1.73. The van der Waals surface area contributed by atoms with Gasteiger partial charge in [0, 0.05) is 13.0 Å². The van der Waals surface area contributed by atoms with Crippen LogP contribution in [0.3, 0.4) is 0 Å². The van der Waals surface area contributed by atoms with E-state index in [1.165, 1.54) is 33.0 Å². The maximum atomic E-state index is 11.2. The molecule has 2 aliphatic rings. The number of rotatable bonds is 5. The molecular weight excluding hydrogens is 234 g/mol. The Hall–Kier alpha value is -0.650. The second kappa shape index (κ2) is 5.99. The Bertz CT molecular complexity index is 291. The van der Waals surface area contributed by atoms with Gasteiger partial charge < -0.3 is 19.1 Å². The van der Waals surface area contributed by atoms with Crippen LogP contribution in [0.25, 0.3) is 0 Å². The molecule has 2 heterocycles. The summed E-state index contributed by atoms with van der Waals surface area (Å²) < 4.78 is 16.2. The maximum Gasteiger partial charge on any atom is 0.308 e. The van der Waals surface area contributed by atoms with Gasteiger partial charge in [-0.15, -0.1) is 0 Å². The fourth-order valence-corrected chi connectivity index (χ4v) is 2.56. The fraction of sp³-hybridized carbons (Fsp3) is 0.923. The van der Waals surface area contributed by atoms with Crippen molar-refractivity contribution < 1.29 is 19.0 Å². The molecule has 2 atom stereocenters. The van der Waals surface area contributed by atoms with E-state index in [9.17, 15) is 4.79 Å². The molecule has 5 heteroatoms. The van der Waals surface area contributed by atoms with E-state index in [0.29, 0.717) is 6.61 Å². The number of nitrogens with zero attached hydrogens (tertiary/aromatic N) is 1. The van der Waals surface area contributed by atoms with Gasteiger partial charge in [0.05, 0.1) is 26.2 Å². The lowest BCUT2D eigenvalue weighted by molar-refractivity contribution is -0.165. The van der Waals surface area contributed by atoms with E-state index in [2.05, 4.69) is 9.64 Å².